The van der Waals surface area contributed by atoms with Gasteiger partial charge in [0.1, 0.15) is 28.8 Å². The molecule has 2 aliphatic rings. The molecule has 3 aromatic heterocycles. The number of anilines is 1. The highest BCUT2D eigenvalue weighted by atomic mass is 35.5. The summed E-state index contributed by atoms with van der Waals surface area (Å²) in [6, 6.07) is 3.17. The summed E-state index contributed by atoms with van der Waals surface area (Å²) in [7, 11) is 0. The summed E-state index contributed by atoms with van der Waals surface area (Å²) in [4.78, 5) is 29.6. The molecule has 1 N–H and O–H groups in total. The van der Waals surface area contributed by atoms with Gasteiger partial charge < -0.3 is 24.0 Å². The minimum absolute atomic E-state index is 0.0358. The van der Waals surface area contributed by atoms with Gasteiger partial charge in [-0.25, -0.2) is 9.37 Å². The first-order valence-electron chi connectivity index (χ1n) is 12.6. The van der Waals surface area contributed by atoms with Crippen LogP contribution in [0.1, 0.15) is 12.8 Å². The van der Waals surface area contributed by atoms with Gasteiger partial charge in [-0.05, 0) is 25.0 Å². The normalized spacial score (nSPS) is 17.6. The second-order valence-corrected chi connectivity index (χ2v) is 9.62. The van der Waals surface area contributed by atoms with Gasteiger partial charge in [0.2, 0.25) is 11.8 Å². The van der Waals surface area contributed by atoms with Gasteiger partial charge in [0.05, 0.1) is 28.6 Å². The number of hydrogen-bond donors (Lipinski definition) is 1. The molecule has 0 saturated carbocycles. The summed E-state index contributed by atoms with van der Waals surface area (Å²) >= 11 is 6.30. The SMILES string of the molecule is C=CC(=O)N1CCN(c2nc(OCC3CCCO3)nc3c(Oc4c(Cl)c(F)cc5[nH]ncc45)nccc23)CC1. The highest BCUT2D eigenvalue weighted by Gasteiger charge is 2.26. The average molecular weight is 554 g/mol. The van der Waals surface area contributed by atoms with E-state index in [0.29, 0.717) is 67.0 Å². The van der Waals surface area contributed by atoms with Crippen LogP contribution in [0.5, 0.6) is 17.6 Å². The van der Waals surface area contributed by atoms with Crippen LogP contribution in [0.4, 0.5) is 10.2 Å². The van der Waals surface area contributed by atoms with Gasteiger partial charge in [-0.2, -0.15) is 15.1 Å². The number of benzene rings is 1. The molecule has 13 heteroatoms. The predicted molar refractivity (Wildman–Crippen MR) is 142 cm³/mol. The van der Waals surface area contributed by atoms with E-state index in [2.05, 4.69) is 31.6 Å². The molecule has 0 radical (unpaired) electrons. The predicted octanol–water partition coefficient (Wildman–Crippen LogP) is 3.88. The molecular weight excluding hydrogens is 529 g/mol. The van der Waals surface area contributed by atoms with Crippen LogP contribution < -0.4 is 14.4 Å². The molecule has 5 heterocycles. The summed E-state index contributed by atoms with van der Waals surface area (Å²) in [5.41, 5.74) is 0.793. The van der Waals surface area contributed by atoms with Crippen molar-refractivity contribution in [3.05, 3.63) is 48.0 Å². The van der Waals surface area contributed by atoms with Crippen molar-refractivity contribution in [3.8, 4) is 17.6 Å². The van der Waals surface area contributed by atoms with E-state index in [1.165, 1.54) is 18.3 Å². The highest BCUT2D eigenvalue weighted by Crippen LogP contribution is 2.40. The smallest absolute Gasteiger partial charge is 0.319 e. The van der Waals surface area contributed by atoms with Gasteiger partial charge in [-0.3, -0.25) is 9.89 Å². The van der Waals surface area contributed by atoms with E-state index < -0.39 is 5.82 Å². The van der Waals surface area contributed by atoms with E-state index in [0.717, 1.165) is 12.8 Å². The number of aromatic nitrogens is 5. The minimum Gasteiger partial charge on any atom is -0.461 e. The van der Waals surface area contributed by atoms with Crippen molar-refractivity contribution >= 4 is 45.1 Å². The molecule has 39 heavy (non-hydrogen) atoms. The highest BCUT2D eigenvalue weighted by molar-refractivity contribution is 6.33. The molecule has 2 fully saturated rings. The molecule has 1 aromatic carbocycles. The number of aromatic amines is 1. The number of H-pyrrole nitrogens is 1. The number of carbonyl (C=O) groups excluding carboxylic acids is 1. The van der Waals surface area contributed by atoms with Crippen LogP contribution in [0.15, 0.2) is 37.2 Å². The third-order valence-corrected chi connectivity index (χ3v) is 7.17. The lowest BCUT2D eigenvalue weighted by molar-refractivity contribution is -0.126. The van der Waals surface area contributed by atoms with Crippen LogP contribution in [0, 0.1) is 5.82 Å². The quantitative estimate of drug-likeness (QED) is 0.340. The van der Waals surface area contributed by atoms with Gasteiger partial charge in [-0.15, -0.1) is 0 Å². The van der Waals surface area contributed by atoms with Crippen LogP contribution >= 0.6 is 11.6 Å². The number of amides is 1. The molecule has 11 nitrogen and oxygen atoms in total. The van der Waals surface area contributed by atoms with Crippen molar-refractivity contribution in [3.63, 3.8) is 0 Å². The topological polar surface area (TPSA) is 119 Å². The maximum absolute atomic E-state index is 14.6. The molecule has 0 spiro atoms. The zero-order chi connectivity index (χ0) is 26.9. The third kappa shape index (κ3) is 4.92. The number of piperazine rings is 1. The van der Waals surface area contributed by atoms with E-state index in [4.69, 9.17) is 30.8 Å². The number of fused-ring (bicyclic) bond motifs is 2. The zero-order valence-corrected chi connectivity index (χ0v) is 21.7. The molecule has 0 aliphatic carbocycles. The molecule has 1 amide bonds. The number of rotatable bonds is 7. The van der Waals surface area contributed by atoms with Gasteiger partial charge >= 0.3 is 6.01 Å². The van der Waals surface area contributed by atoms with Gasteiger partial charge in [-0.1, -0.05) is 18.2 Å². The Hall–Kier alpha value is -4.03. The van der Waals surface area contributed by atoms with Crippen molar-refractivity contribution in [2.75, 3.05) is 44.3 Å². The summed E-state index contributed by atoms with van der Waals surface area (Å²) in [6.45, 7) is 6.68. The van der Waals surface area contributed by atoms with E-state index in [-0.39, 0.29) is 34.7 Å². The van der Waals surface area contributed by atoms with Crippen molar-refractivity contribution in [2.45, 2.75) is 18.9 Å². The Kier molecular flexibility index (Phi) is 6.88. The Balaban J connectivity index is 1.40. The number of halogens is 2. The Morgan fingerprint density at radius 1 is 1.28 bits per heavy atom. The molecule has 0 bridgehead atoms. The first-order chi connectivity index (χ1) is 19.0. The number of nitrogens with zero attached hydrogens (tertiary/aromatic N) is 6. The van der Waals surface area contributed by atoms with E-state index in [1.807, 2.05) is 0 Å². The van der Waals surface area contributed by atoms with E-state index in [1.54, 1.807) is 17.2 Å². The molecule has 2 saturated heterocycles. The van der Waals surface area contributed by atoms with Gasteiger partial charge in [0, 0.05) is 45.0 Å². The van der Waals surface area contributed by atoms with E-state index >= 15 is 0 Å². The van der Waals surface area contributed by atoms with Crippen molar-refractivity contribution in [2.24, 2.45) is 0 Å². The van der Waals surface area contributed by atoms with Crippen molar-refractivity contribution in [1.29, 1.82) is 0 Å². The molecular formula is C26H25ClFN7O4. The largest absolute Gasteiger partial charge is 0.461 e. The van der Waals surface area contributed by atoms with Gasteiger partial charge in [0.25, 0.3) is 0 Å². The Bertz CT molecular complexity index is 1550. The van der Waals surface area contributed by atoms with Gasteiger partial charge in [0.15, 0.2) is 5.75 Å². The fourth-order valence-electron chi connectivity index (χ4n) is 4.79. The number of nitrogens with one attached hydrogen (secondary N) is 1. The van der Waals surface area contributed by atoms with Crippen LogP contribution in [0.2, 0.25) is 5.02 Å². The Labute approximate surface area is 227 Å². The fourth-order valence-corrected chi connectivity index (χ4v) is 4.98. The number of carbonyl (C=O) groups is 1. The number of hydrogen-bond acceptors (Lipinski definition) is 9. The second kappa shape index (κ2) is 10.6. The van der Waals surface area contributed by atoms with E-state index in [9.17, 15) is 9.18 Å². The zero-order valence-electron chi connectivity index (χ0n) is 20.9. The third-order valence-electron chi connectivity index (χ3n) is 6.82. The maximum Gasteiger partial charge on any atom is 0.319 e. The van der Waals surface area contributed by atoms with Crippen molar-refractivity contribution in [1.82, 2.24) is 30.0 Å². The lowest BCUT2D eigenvalue weighted by Gasteiger charge is -2.35. The van der Waals surface area contributed by atoms with Crippen molar-refractivity contribution < 1.29 is 23.4 Å². The lowest BCUT2D eigenvalue weighted by Crippen LogP contribution is -2.48. The first kappa shape index (κ1) is 25.3. The standard InChI is InChI=1S/C26H25ClFN7O4/c1-2-20(36)34-7-9-35(10-8-34)24-16-5-6-29-25(22(16)31-26(32-24)38-14-15-4-3-11-37-15)39-23-17-13-30-33-19(17)12-18(28)21(23)27/h2,5-6,12-13,15H,1,3-4,7-11,14H2,(H,30,33). The summed E-state index contributed by atoms with van der Waals surface area (Å²) in [5.74, 6) is 0.0123. The maximum atomic E-state index is 14.6. The molecule has 4 aromatic rings. The summed E-state index contributed by atoms with van der Waals surface area (Å²) in [6.07, 6.45) is 6.22. The van der Waals surface area contributed by atoms with Crippen LogP contribution in [0.25, 0.3) is 21.8 Å². The lowest BCUT2D eigenvalue weighted by atomic mass is 10.2. The first-order valence-corrected chi connectivity index (χ1v) is 13.0. The second-order valence-electron chi connectivity index (χ2n) is 9.24. The van der Waals surface area contributed by atoms with Crippen LogP contribution in [-0.4, -0.2) is 81.5 Å². The molecule has 2 aliphatic heterocycles. The molecule has 202 valence electrons. The van der Waals surface area contributed by atoms with Crippen LogP contribution in [0.3, 0.4) is 0 Å². The minimum atomic E-state index is -0.661. The fraction of sp³-hybridized carbons (Fsp3) is 0.346. The average Bonchev–Trinajstić information content (AvgIpc) is 3.66. The summed E-state index contributed by atoms with van der Waals surface area (Å²) < 4.78 is 32.3. The molecule has 1 atom stereocenters. The Morgan fingerprint density at radius 2 is 2.13 bits per heavy atom. The molecule has 1 unspecified atom stereocenters. The number of ether oxygens (including phenoxy) is 3. The monoisotopic (exact) mass is 553 g/mol. The molecule has 6 rings (SSSR count). The van der Waals surface area contributed by atoms with Crippen LogP contribution in [-0.2, 0) is 9.53 Å². The summed E-state index contributed by atoms with van der Waals surface area (Å²) in [5, 5.41) is 7.65. The number of pyridine rings is 1. The Morgan fingerprint density at radius 3 is 2.90 bits per heavy atom.